The van der Waals surface area contributed by atoms with E-state index in [1.807, 2.05) is 13.1 Å². The van der Waals surface area contributed by atoms with Gasteiger partial charge in [0.2, 0.25) is 0 Å². The molecule has 1 unspecified atom stereocenters. The second kappa shape index (κ2) is 7.34. The summed E-state index contributed by atoms with van der Waals surface area (Å²) in [6.07, 6.45) is 7.75. The molecule has 7 heteroatoms. The van der Waals surface area contributed by atoms with Gasteiger partial charge in [-0.1, -0.05) is 19.8 Å². The summed E-state index contributed by atoms with van der Waals surface area (Å²) in [5.41, 5.74) is 7.68. The summed E-state index contributed by atoms with van der Waals surface area (Å²) < 4.78 is 7.60. The van der Waals surface area contributed by atoms with E-state index in [-0.39, 0.29) is 6.10 Å². The Hall–Kier alpha value is -1.89. The maximum Gasteiger partial charge on any atom is 0.336 e. The molecule has 2 N–H and O–H groups in total. The number of anilines is 1. The van der Waals surface area contributed by atoms with Crippen LogP contribution in [0.4, 0.5) is 5.82 Å². The van der Waals surface area contributed by atoms with E-state index < -0.39 is 0 Å². The smallest absolute Gasteiger partial charge is 0.336 e. The Morgan fingerprint density at radius 3 is 3.00 bits per heavy atom. The molecule has 0 amide bonds. The summed E-state index contributed by atoms with van der Waals surface area (Å²) in [5.74, 6) is 0.363. The highest BCUT2D eigenvalue weighted by Gasteiger charge is 2.21. The number of hydrogen-bond donors (Lipinski definition) is 1. The zero-order valence-electron chi connectivity index (χ0n) is 14.9. The molecular weight excluding hydrogens is 304 g/mol. The lowest BCUT2D eigenvalue weighted by Crippen LogP contribution is -2.37. The van der Waals surface area contributed by atoms with Gasteiger partial charge in [0.1, 0.15) is 0 Å². The quantitative estimate of drug-likeness (QED) is 0.876. The number of fused-ring (bicyclic) bond motifs is 1. The van der Waals surface area contributed by atoms with Gasteiger partial charge in [-0.3, -0.25) is 4.90 Å². The highest BCUT2D eigenvalue weighted by atomic mass is 16.5. The predicted molar refractivity (Wildman–Crippen MR) is 93.9 cm³/mol. The summed E-state index contributed by atoms with van der Waals surface area (Å²) >= 11 is 0. The van der Waals surface area contributed by atoms with Crippen molar-refractivity contribution in [3.05, 3.63) is 11.9 Å². The van der Waals surface area contributed by atoms with Crippen molar-refractivity contribution >= 4 is 11.5 Å². The van der Waals surface area contributed by atoms with Crippen LogP contribution in [0.5, 0.6) is 6.01 Å². The summed E-state index contributed by atoms with van der Waals surface area (Å²) in [6, 6.07) is 0.913. The third-order valence-electron chi connectivity index (χ3n) is 4.75. The molecule has 1 fully saturated rings. The van der Waals surface area contributed by atoms with Crippen molar-refractivity contribution in [1.29, 1.82) is 0 Å². The van der Waals surface area contributed by atoms with Crippen molar-refractivity contribution < 1.29 is 4.74 Å². The molecule has 1 aliphatic rings. The van der Waals surface area contributed by atoms with E-state index in [1.54, 1.807) is 4.52 Å². The monoisotopic (exact) mass is 332 g/mol. The second-order valence-corrected chi connectivity index (χ2v) is 6.80. The van der Waals surface area contributed by atoms with Crippen LogP contribution in [0, 0.1) is 0 Å². The van der Waals surface area contributed by atoms with Gasteiger partial charge in [0.25, 0.3) is 0 Å². The van der Waals surface area contributed by atoms with Gasteiger partial charge < -0.3 is 10.5 Å². The van der Waals surface area contributed by atoms with Crippen molar-refractivity contribution in [2.24, 2.45) is 0 Å². The number of aromatic nitrogens is 4. The van der Waals surface area contributed by atoms with E-state index >= 15 is 0 Å². The first-order chi connectivity index (χ1) is 11.6. The van der Waals surface area contributed by atoms with E-state index in [2.05, 4.69) is 33.8 Å². The third kappa shape index (κ3) is 3.61. The molecule has 1 saturated heterocycles. The highest BCUT2D eigenvalue weighted by Crippen LogP contribution is 2.21. The molecule has 2 atom stereocenters. The molecule has 7 nitrogen and oxygen atoms in total. The summed E-state index contributed by atoms with van der Waals surface area (Å²) in [6.45, 7) is 8.38. The average molecular weight is 332 g/mol. The van der Waals surface area contributed by atoms with E-state index in [0.29, 0.717) is 23.5 Å². The number of piperidine rings is 1. The van der Waals surface area contributed by atoms with Crippen LogP contribution in [0.1, 0.15) is 58.6 Å². The molecule has 0 aliphatic carbocycles. The largest absolute Gasteiger partial charge is 0.459 e. The van der Waals surface area contributed by atoms with Gasteiger partial charge in [-0.15, -0.1) is 5.10 Å². The van der Waals surface area contributed by atoms with Gasteiger partial charge >= 0.3 is 6.01 Å². The van der Waals surface area contributed by atoms with Gasteiger partial charge in [-0.25, -0.2) is 9.50 Å². The predicted octanol–water partition coefficient (Wildman–Crippen LogP) is 2.65. The van der Waals surface area contributed by atoms with Crippen molar-refractivity contribution in [3.63, 3.8) is 0 Å². The molecular formula is C17H28N6O. The van der Waals surface area contributed by atoms with Gasteiger partial charge in [0, 0.05) is 12.6 Å². The van der Waals surface area contributed by atoms with Crippen LogP contribution >= 0.6 is 0 Å². The minimum absolute atomic E-state index is 0.0703. The molecule has 0 saturated carbocycles. The SMILES string of the molecule is CCCC(C)Oc1nc(N)c2ncc(CN3CCCC[C@@H]3C)n2n1. The van der Waals surface area contributed by atoms with E-state index in [4.69, 9.17) is 10.5 Å². The summed E-state index contributed by atoms with van der Waals surface area (Å²) in [7, 11) is 0. The Labute approximate surface area is 143 Å². The third-order valence-corrected chi connectivity index (χ3v) is 4.75. The summed E-state index contributed by atoms with van der Waals surface area (Å²) in [4.78, 5) is 11.1. The van der Waals surface area contributed by atoms with E-state index in [9.17, 15) is 0 Å². The van der Waals surface area contributed by atoms with Crippen LogP contribution in [0.3, 0.4) is 0 Å². The van der Waals surface area contributed by atoms with Gasteiger partial charge in [-0.05, 0) is 39.7 Å². The highest BCUT2D eigenvalue weighted by molar-refractivity contribution is 5.59. The van der Waals surface area contributed by atoms with Gasteiger partial charge in [0.05, 0.1) is 18.0 Å². The molecule has 3 rings (SSSR count). The molecule has 24 heavy (non-hydrogen) atoms. The minimum atomic E-state index is 0.0703. The molecule has 0 spiro atoms. The molecule has 2 aromatic heterocycles. The Morgan fingerprint density at radius 2 is 2.25 bits per heavy atom. The molecule has 132 valence electrons. The van der Waals surface area contributed by atoms with Gasteiger partial charge in [0.15, 0.2) is 11.5 Å². The maximum absolute atomic E-state index is 6.05. The van der Waals surface area contributed by atoms with E-state index in [0.717, 1.165) is 31.6 Å². The number of imidazole rings is 1. The molecule has 1 aliphatic heterocycles. The number of nitrogens with two attached hydrogens (primary N) is 1. The summed E-state index contributed by atoms with van der Waals surface area (Å²) in [5, 5.41) is 4.52. The molecule has 0 aromatic carbocycles. The second-order valence-electron chi connectivity index (χ2n) is 6.80. The average Bonchev–Trinajstić information content (AvgIpc) is 2.93. The van der Waals surface area contributed by atoms with Gasteiger partial charge in [-0.2, -0.15) is 4.98 Å². The van der Waals surface area contributed by atoms with Crippen molar-refractivity contribution in [1.82, 2.24) is 24.5 Å². The van der Waals surface area contributed by atoms with Crippen LogP contribution in [0.15, 0.2) is 6.20 Å². The normalized spacial score (nSPS) is 20.4. The van der Waals surface area contributed by atoms with E-state index in [1.165, 1.54) is 19.3 Å². The lowest BCUT2D eigenvalue weighted by atomic mass is 10.0. The van der Waals surface area contributed by atoms with Crippen molar-refractivity contribution in [2.75, 3.05) is 12.3 Å². The first kappa shape index (κ1) is 17.0. The van der Waals surface area contributed by atoms with Crippen molar-refractivity contribution in [3.8, 4) is 6.01 Å². The number of ether oxygens (including phenoxy) is 1. The maximum atomic E-state index is 6.05. The molecule has 0 radical (unpaired) electrons. The number of nitrogens with zero attached hydrogens (tertiary/aromatic N) is 5. The number of hydrogen-bond acceptors (Lipinski definition) is 6. The minimum Gasteiger partial charge on any atom is -0.459 e. The number of nitrogen functional groups attached to an aromatic ring is 1. The van der Waals surface area contributed by atoms with Crippen LogP contribution in [0.2, 0.25) is 0 Å². The Morgan fingerprint density at radius 1 is 1.42 bits per heavy atom. The molecule has 0 bridgehead atoms. The van der Waals surface area contributed by atoms with Crippen molar-refractivity contribution in [2.45, 2.75) is 71.6 Å². The lowest BCUT2D eigenvalue weighted by Gasteiger charge is -2.32. The zero-order chi connectivity index (χ0) is 17.1. The standard InChI is InChI=1S/C17H28N6O/c1-4-7-13(3)24-17-20-15(18)16-19-10-14(23(16)21-17)11-22-9-6-5-8-12(22)2/h10,12-13H,4-9,11H2,1-3H3,(H2,18,20,21)/t12-,13?/m0/s1. The Kier molecular flexibility index (Phi) is 5.18. The molecule has 3 heterocycles. The zero-order valence-corrected chi connectivity index (χ0v) is 14.9. The number of likely N-dealkylation sites (tertiary alicyclic amines) is 1. The topological polar surface area (TPSA) is 81.6 Å². The molecule has 2 aromatic rings. The Bertz CT molecular complexity index is 685. The lowest BCUT2D eigenvalue weighted by molar-refractivity contribution is 0.149. The van der Waals surface area contributed by atoms with Crippen LogP contribution in [0.25, 0.3) is 5.65 Å². The van der Waals surface area contributed by atoms with Crippen LogP contribution < -0.4 is 10.5 Å². The first-order valence-corrected chi connectivity index (χ1v) is 8.99. The fourth-order valence-electron chi connectivity index (χ4n) is 3.33. The van der Waals surface area contributed by atoms with Crippen LogP contribution in [-0.2, 0) is 6.54 Å². The first-order valence-electron chi connectivity index (χ1n) is 8.99. The Balaban J connectivity index is 1.84. The fraction of sp³-hybridized carbons (Fsp3) is 0.706. The van der Waals surface area contributed by atoms with Crippen LogP contribution in [-0.4, -0.2) is 43.2 Å². The number of rotatable bonds is 6. The fourth-order valence-corrected chi connectivity index (χ4v) is 3.33.